The molecule has 0 heterocycles. The number of amides is 1. The molecule has 0 saturated heterocycles. The molecule has 0 aromatic rings. The van der Waals surface area contributed by atoms with Crippen LogP contribution in [-0.2, 0) is 4.79 Å². The van der Waals surface area contributed by atoms with Crippen LogP contribution in [0.2, 0.25) is 0 Å². The van der Waals surface area contributed by atoms with Crippen molar-refractivity contribution in [1.82, 2.24) is 9.80 Å². The molecule has 15 heavy (non-hydrogen) atoms. The predicted molar refractivity (Wildman–Crippen MR) is 59.6 cm³/mol. The normalized spacial score (nSPS) is 26.7. The molecule has 4 nitrogen and oxygen atoms in total. The van der Waals surface area contributed by atoms with Crippen LogP contribution < -0.4 is 0 Å². The number of hydrogen-bond acceptors (Lipinski definition) is 3. The molecule has 0 aliphatic heterocycles. The Morgan fingerprint density at radius 2 is 1.73 bits per heavy atom. The van der Waals surface area contributed by atoms with E-state index in [2.05, 4.69) is 4.90 Å². The molecular formula is C11H22N2O2. The number of rotatable bonds is 3. The van der Waals surface area contributed by atoms with E-state index in [0.717, 1.165) is 25.7 Å². The van der Waals surface area contributed by atoms with Gasteiger partial charge in [-0.05, 0) is 32.7 Å². The second-order valence-electron chi connectivity index (χ2n) is 4.67. The SMILES string of the molecule is CN(C)C(=O)CN(C)C1CCC(O)CC1. The highest BCUT2D eigenvalue weighted by Gasteiger charge is 2.23. The third-order valence-electron chi connectivity index (χ3n) is 3.17. The zero-order valence-electron chi connectivity index (χ0n) is 9.94. The molecule has 0 bridgehead atoms. The minimum absolute atomic E-state index is 0.126. The lowest BCUT2D eigenvalue weighted by atomic mass is 9.92. The van der Waals surface area contributed by atoms with Gasteiger partial charge in [0.25, 0.3) is 0 Å². The van der Waals surface area contributed by atoms with Crippen molar-refractivity contribution in [1.29, 1.82) is 0 Å². The summed E-state index contributed by atoms with van der Waals surface area (Å²) in [5.41, 5.74) is 0. The van der Waals surface area contributed by atoms with E-state index in [9.17, 15) is 9.90 Å². The second kappa shape index (κ2) is 5.47. The van der Waals surface area contributed by atoms with Crippen LogP contribution in [0.1, 0.15) is 25.7 Å². The van der Waals surface area contributed by atoms with Crippen LogP contribution in [0.25, 0.3) is 0 Å². The van der Waals surface area contributed by atoms with Gasteiger partial charge in [-0.2, -0.15) is 0 Å². The molecule has 88 valence electrons. The largest absolute Gasteiger partial charge is 0.393 e. The second-order valence-corrected chi connectivity index (χ2v) is 4.67. The van der Waals surface area contributed by atoms with Crippen LogP contribution in [0, 0.1) is 0 Å². The summed E-state index contributed by atoms with van der Waals surface area (Å²) in [4.78, 5) is 15.2. The minimum atomic E-state index is -0.126. The summed E-state index contributed by atoms with van der Waals surface area (Å²) in [6.45, 7) is 0.480. The van der Waals surface area contributed by atoms with Gasteiger partial charge in [0.15, 0.2) is 0 Å². The zero-order chi connectivity index (χ0) is 11.4. The summed E-state index contributed by atoms with van der Waals surface area (Å²) in [6.07, 6.45) is 3.60. The number of likely N-dealkylation sites (N-methyl/N-ethyl adjacent to an activating group) is 2. The summed E-state index contributed by atoms with van der Waals surface area (Å²) in [5, 5.41) is 9.39. The van der Waals surface area contributed by atoms with Crippen LogP contribution in [0.15, 0.2) is 0 Å². The van der Waals surface area contributed by atoms with Crippen molar-refractivity contribution in [3.63, 3.8) is 0 Å². The lowest BCUT2D eigenvalue weighted by molar-refractivity contribution is -0.130. The van der Waals surface area contributed by atoms with Gasteiger partial charge in [0.1, 0.15) is 0 Å². The molecule has 1 amide bonds. The van der Waals surface area contributed by atoms with E-state index < -0.39 is 0 Å². The first kappa shape index (κ1) is 12.5. The van der Waals surface area contributed by atoms with Gasteiger partial charge in [0.05, 0.1) is 12.6 Å². The van der Waals surface area contributed by atoms with Crippen molar-refractivity contribution in [2.24, 2.45) is 0 Å². The van der Waals surface area contributed by atoms with Gasteiger partial charge in [-0.3, -0.25) is 9.69 Å². The number of aliphatic hydroxyl groups is 1. The molecular weight excluding hydrogens is 192 g/mol. The molecule has 1 aliphatic rings. The lowest BCUT2D eigenvalue weighted by Crippen LogP contribution is -2.42. The average molecular weight is 214 g/mol. The summed E-state index contributed by atoms with van der Waals surface area (Å²) in [5.74, 6) is 0.142. The molecule has 1 N–H and O–H groups in total. The number of hydrogen-bond donors (Lipinski definition) is 1. The third-order valence-corrected chi connectivity index (χ3v) is 3.17. The van der Waals surface area contributed by atoms with Gasteiger partial charge in [-0.15, -0.1) is 0 Å². The molecule has 0 aromatic carbocycles. The molecule has 1 saturated carbocycles. The highest BCUT2D eigenvalue weighted by Crippen LogP contribution is 2.21. The number of nitrogens with zero attached hydrogens (tertiary/aromatic N) is 2. The van der Waals surface area contributed by atoms with Gasteiger partial charge in [-0.25, -0.2) is 0 Å². The van der Waals surface area contributed by atoms with E-state index in [1.54, 1.807) is 19.0 Å². The Morgan fingerprint density at radius 1 is 1.20 bits per heavy atom. The quantitative estimate of drug-likeness (QED) is 0.735. The third kappa shape index (κ3) is 3.80. The first-order chi connectivity index (χ1) is 7.00. The van der Waals surface area contributed by atoms with Crippen LogP contribution in [-0.4, -0.2) is 60.6 Å². The highest BCUT2D eigenvalue weighted by atomic mass is 16.3. The Balaban J connectivity index is 2.34. The fourth-order valence-electron chi connectivity index (χ4n) is 1.98. The molecule has 1 rings (SSSR count). The van der Waals surface area contributed by atoms with Gasteiger partial charge in [0, 0.05) is 20.1 Å². The van der Waals surface area contributed by atoms with Crippen molar-refractivity contribution in [2.45, 2.75) is 37.8 Å². The van der Waals surface area contributed by atoms with Crippen LogP contribution in [0.5, 0.6) is 0 Å². The van der Waals surface area contributed by atoms with E-state index in [1.165, 1.54) is 0 Å². The monoisotopic (exact) mass is 214 g/mol. The molecule has 4 heteroatoms. The zero-order valence-corrected chi connectivity index (χ0v) is 9.94. The van der Waals surface area contributed by atoms with Crippen molar-refractivity contribution in [3.8, 4) is 0 Å². The molecule has 0 unspecified atom stereocenters. The smallest absolute Gasteiger partial charge is 0.236 e. The number of aliphatic hydroxyl groups excluding tert-OH is 1. The van der Waals surface area contributed by atoms with E-state index in [-0.39, 0.29) is 12.0 Å². The summed E-state index contributed by atoms with van der Waals surface area (Å²) in [7, 11) is 5.55. The van der Waals surface area contributed by atoms with Crippen molar-refractivity contribution >= 4 is 5.91 Å². The maximum Gasteiger partial charge on any atom is 0.236 e. The van der Waals surface area contributed by atoms with E-state index >= 15 is 0 Å². The molecule has 0 aromatic heterocycles. The molecule has 0 spiro atoms. The molecule has 0 radical (unpaired) electrons. The number of carbonyl (C=O) groups excluding carboxylic acids is 1. The van der Waals surface area contributed by atoms with Crippen molar-refractivity contribution < 1.29 is 9.90 Å². The van der Waals surface area contributed by atoms with Crippen LogP contribution in [0.3, 0.4) is 0 Å². The Bertz CT molecular complexity index is 211. The van der Waals surface area contributed by atoms with E-state index in [4.69, 9.17) is 0 Å². The minimum Gasteiger partial charge on any atom is -0.393 e. The van der Waals surface area contributed by atoms with Crippen molar-refractivity contribution in [3.05, 3.63) is 0 Å². The summed E-state index contributed by atoms with van der Waals surface area (Å²) in [6, 6.07) is 0.456. The fourth-order valence-corrected chi connectivity index (χ4v) is 1.98. The molecule has 1 aliphatic carbocycles. The summed E-state index contributed by atoms with van der Waals surface area (Å²) < 4.78 is 0. The van der Waals surface area contributed by atoms with Gasteiger partial charge < -0.3 is 10.0 Å². The average Bonchev–Trinajstić information content (AvgIpc) is 2.18. The first-order valence-corrected chi connectivity index (χ1v) is 5.59. The maximum absolute atomic E-state index is 11.5. The Labute approximate surface area is 91.9 Å². The summed E-state index contributed by atoms with van der Waals surface area (Å²) >= 11 is 0. The standard InChI is InChI=1S/C11H22N2O2/c1-12(2)11(15)8-13(3)9-4-6-10(14)7-5-9/h9-10,14H,4-8H2,1-3H3. The van der Waals surface area contributed by atoms with Gasteiger partial charge in [-0.1, -0.05) is 0 Å². The predicted octanol–water partition coefficient (Wildman–Crippen LogP) is 0.310. The van der Waals surface area contributed by atoms with Crippen molar-refractivity contribution in [2.75, 3.05) is 27.7 Å². The van der Waals surface area contributed by atoms with Gasteiger partial charge in [0.2, 0.25) is 5.91 Å². The number of carbonyl (C=O) groups is 1. The maximum atomic E-state index is 11.5. The fraction of sp³-hybridized carbons (Fsp3) is 0.909. The van der Waals surface area contributed by atoms with Gasteiger partial charge >= 0.3 is 0 Å². The van der Waals surface area contributed by atoms with E-state index in [1.807, 2.05) is 7.05 Å². The Kier molecular flexibility index (Phi) is 4.54. The van der Waals surface area contributed by atoms with E-state index in [0.29, 0.717) is 12.6 Å². The Morgan fingerprint density at radius 3 is 2.20 bits per heavy atom. The topological polar surface area (TPSA) is 43.8 Å². The van der Waals surface area contributed by atoms with Crippen LogP contribution >= 0.6 is 0 Å². The highest BCUT2D eigenvalue weighted by molar-refractivity contribution is 5.77. The Hall–Kier alpha value is -0.610. The lowest BCUT2D eigenvalue weighted by Gasteiger charge is -2.33. The molecule has 1 fully saturated rings. The molecule has 0 atom stereocenters. The first-order valence-electron chi connectivity index (χ1n) is 5.59. The van der Waals surface area contributed by atoms with Crippen LogP contribution in [0.4, 0.5) is 0 Å².